The van der Waals surface area contributed by atoms with Gasteiger partial charge in [0.15, 0.2) is 0 Å². The highest BCUT2D eigenvalue weighted by molar-refractivity contribution is 7.98. The van der Waals surface area contributed by atoms with Crippen molar-refractivity contribution in [1.82, 2.24) is 5.32 Å². The number of rotatable bonds is 4. The Balaban J connectivity index is 2.21. The first kappa shape index (κ1) is 14.8. The number of thioether (sulfide) groups is 1. The first-order valence-electron chi connectivity index (χ1n) is 6.64. The standard InChI is InChI=1S/C14H18N2O3S/c1-9-3-4-10(7-9)15-14(17)12-8-11(20-2)5-6-13(12)16(18)19/h5-6,8-10H,3-4,7H2,1-2H3,(H,15,17). The summed E-state index contributed by atoms with van der Waals surface area (Å²) < 4.78 is 0. The van der Waals surface area contributed by atoms with E-state index in [0.717, 1.165) is 24.2 Å². The molecule has 20 heavy (non-hydrogen) atoms. The van der Waals surface area contributed by atoms with Gasteiger partial charge in [0.25, 0.3) is 11.6 Å². The molecule has 1 aromatic carbocycles. The van der Waals surface area contributed by atoms with Gasteiger partial charge in [-0.2, -0.15) is 0 Å². The summed E-state index contributed by atoms with van der Waals surface area (Å²) in [5, 5.41) is 14.0. The topological polar surface area (TPSA) is 72.2 Å². The van der Waals surface area contributed by atoms with Gasteiger partial charge in [-0.25, -0.2) is 0 Å². The van der Waals surface area contributed by atoms with Crippen LogP contribution < -0.4 is 5.32 Å². The first-order chi connectivity index (χ1) is 9.51. The lowest BCUT2D eigenvalue weighted by Gasteiger charge is -2.13. The minimum absolute atomic E-state index is 0.133. The van der Waals surface area contributed by atoms with Crippen molar-refractivity contribution >= 4 is 23.4 Å². The number of nitrogens with one attached hydrogen (secondary N) is 1. The fourth-order valence-corrected chi connectivity index (χ4v) is 3.02. The maximum atomic E-state index is 12.3. The van der Waals surface area contributed by atoms with Crippen molar-refractivity contribution in [2.45, 2.75) is 37.1 Å². The molecule has 0 heterocycles. The number of nitrogens with zero attached hydrogens (tertiary/aromatic N) is 1. The van der Waals surface area contributed by atoms with E-state index in [4.69, 9.17) is 0 Å². The lowest BCUT2D eigenvalue weighted by atomic mass is 10.1. The summed E-state index contributed by atoms with van der Waals surface area (Å²) in [7, 11) is 0. The highest BCUT2D eigenvalue weighted by Crippen LogP contribution is 2.27. The molecule has 1 aliphatic carbocycles. The van der Waals surface area contributed by atoms with Crippen molar-refractivity contribution < 1.29 is 9.72 Å². The Labute approximate surface area is 122 Å². The second-order valence-electron chi connectivity index (χ2n) is 5.23. The molecule has 1 aliphatic rings. The van der Waals surface area contributed by atoms with Gasteiger partial charge in [-0.3, -0.25) is 14.9 Å². The van der Waals surface area contributed by atoms with Crippen molar-refractivity contribution in [1.29, 1.82) is 0 Å². The third-order valence-electron chi connectivity index (χ3n) is 3.68. The van der Waals surface area contributed by atoms with Crippen LogP contribution in [-0.2, 0) is 0 Å². The molecule has 1 aromatic rings. The van der Waals surface area contributed by atoms with Crippen LogP contribution in [0.1, 0.15) is 36.5 Å². The van der Waals surface area contributed by atoms with Gasteiger partial charge < -0.3 is 5.32 Å². The number of benzene rings is 1. The van der Waals surface area contributed by atoms with Crippen molar-refractivity contribution in [2.75, 3.05) is 6.26 Å². The highest BCUT2D eigenvalue weighted by atomic mass is 32.2. The van der Waals surface area contributed by atoms with Gasteiger partial charge in [-0.15, -0.1) is 11.8 Å². The van der Waals surface area contributed by atoms with Crippen molar-refractivity contribution in [2.24, 2.45) is 5.92 Å². The number of nitro groups is 1. The summed E-state index contributed by atoms with van der Waals surface area (Å²) in [6.07, 6.45) is 4.87. The summed E-state index contributed by atoms with van der Waals surface area (Å²) in [6, 6.07) is 4.79. The molecule has 0 saturated heterocycles. The fourth-order valence-electron chi connectivity index (χ4n) is 2.58. The van der Waals surface area contributed by atoms with Crippen LogP contribution in [0.3, 0.4) is 0 Å². The zero-order valence-electron chi connectivity index (χ0n) is 11.6. The largest absolute Gasteiger partial charge is 0.349 e. The average Bonchev–Trinajstić information content (AvgIpc) is 2.83. The SMILES string of the molecule is CSc1ccc([N+](=O)[O-])c(C(=O)NC2CCC(C)C2)c1. The molecular formula is C14H18N2O3S. The van der Waals surface area contributed by atoms with Gasteiger partial charge in [-0.1, -0.05) is 6.92 Å². The van der Waals surface area contributed by atoms with Crippen molar-refractivity contribution in [3.05, 3.63) is 33.9 Å². The molecule has 1 amide bonds. The van der Waals surface area contributed by atoms with E-state index in [9.17, 15) is 14.9 Å². The first-order valence-corrected chi connectivity index (χ1v) is 7.87. The third-order valence-corrected chi connectivity index (χ3v) is 4.40. The summed E-state index contributed by atoms with van der Waals surface area (Å²) in [5.41, 5.74) is 0.0211. The average molecular weight is 294 g/mol. The monoisotopic (exact) mass is 294 g/mol. The van der Waals surface area contributed by atoms with Crippen molar-refractivity contribution in [3.63, 3.8) is 0 Å². The molecule has 0 radical (unpaired) electrons. The predicted molar refractivity (Wildman–Crippen MR) is 79.1 cm³/mol. The summed E-state index contributed by atoms with van der Waals surface area (Å²) >= 11 is 1.46. The van der Waals surface area contributed by atoms with Crippen LogP contribution in [-0.4, -0.2) is 23.1 Å². The van der Waals surface area contributed by atoms with E-state index in [1.807, 2.05) is 6.26 Å². The summed E-state index contributed by atoms with van der Waals surface area (Å²) in [6.45, 7) is 2.16. The highest BCUT2D eigenvalue weighted by Gasteiger charge is 2.26. The Bertz CT molecular complexity index is 533. The Morgan fingerprint density at radius 3 is 2.75 bits per heavy atom. The molecule has 108 valence electrons. The molecule has 0 spiro atoms. The van der Waals surface area contributed by atoms with Crippen LogP contribution in [0.25, 0.3) is 0 Å². The molecule has 0 bridgehead atoms. The Hall–Kier alpha value is -1.56. The van der Waals surface area contributed by atoms with E-state index in [1.165, 1.54) is 17.8 Å². The van der Waals surface area contributed by atoms with Gasteiger partial charge in [0.1, 0.15) is 5.56 Å². The molecule has 0 aromatic heterocycles. The summed E-state index contributed by atoms with van der Waals surface area (Å²) in [4.78, 5) is 23.7. The molecule has 5 nitrogen and oxygen atoms in total. The van der Waals surface area contributed by atoms with Gasteiger partial charge >= 0.3 is 0 Å². The molecule has 2 atom stereocenters. The van der Waals surface area contributed by atoms with Gasteiger partial charge in [0.2, 0.25) is 0 Å². The number of hydrogen-bond donors (Lipinski definition) is 1. The lowest BCUT2D eigenvalue weighted by Crippen LogP contribution is -2.33. The van der Waals surface area contributed by atoms with Gasteiger partial charge in [0, 0.05) is 17.0 Å². The van der Waals surface area contributed by atoms with Crippen LogP contribution in [0.15, 0.2) is 23.1 Å². The number of carbonyl (C=O) groups excluding carboxylic acids is 1. The molecule has 1 fully saturated rings. The van der Waals surface area contributed by atoms with Gasteiger partial charge in [0.05, 0.1) is 4.92 Å². The molecule has 1 N–H and O–H groups in total. The van der Waals surface area contributed by atoms with Gasteiger partial charge in [-0.05, 0) is 43.6 Å². The Morgan fingerprint density at radius 2 is 2.20 bits per heavy atom. The maximum absolute atomic E-state index is 12.3. The van der Waals surface area contributed by atoms with E-state index in [-0.39, 0.29) is 23.2 Å². The van der Waals surface area contributed by atoms with E-state index in [2.05, 4.69) is 12.2 Å². The minimum atomic E-state index is -0.504. The zero-order chi connectivity index (χ0) is 14.7. The number of nitro benzene ring substituents is 1. The molecule has 1 saturated carbocycles. The molecular weight excluding hydrogens is 276 g/mol. The molecule has 0 aliphatic heterocycles. The number of amides is 1. The van der Waals surface area contributed by atoms with E-state index in [1.54, 1.807) is 12.1 Å². The van der Waals surface area contributed by atoms with Crippen LogP contribution in [0.5, 0.6) is 0 Å². The Kier molecular flexibility index (Phi) is 4.65. The fraction of sp³-hybridized carbons (Fsp3) is 0.500. The third kappa shape index (κ3) is 3.30. The van der Waals surface area contributed by atoms with E-state index in [0.29, 0.717) is 5.92 Å². The van der Waals surface area contributed by atoms with Crippen LogP contribution >= 0.6 is 11.8 Å². The Morgan fingerprint density at radius 1 is 1.45 bits per heavy atom. The number of carbonyl (C=O) groups is 1. The van der Waals surface area contributed by atoms with Crippen LogP contribution in [0.4, 0.5) is 5.69 Å². The van der Waals surface area contributed by atoms with Crippen LogP contribution in [0, 0.1) is 16.0 Å². The second-order valence-corrected chi connectivity index (χ2v) is 6.11. The quantitative estimate of drug-likeness (QED) is 0.525. The summed E-state index contributed by atoms with van der Waals surface area (Å²) in [5.74, 6) is 0.263. The van der Waals surface area contributed by atoms with Crippen molar-refractivity contribution in [3.8, 4) is 0 Å². The second kappa shape index (κ2) is 6.26. The predicted octanol–water partition coefficient (Wildman–Crippen LogP) is 3.24. The lowest BCUT2D eigenvalue weighted by molar-refractivity contribution is -0.385. The van der Waals surface area contributed by atoms with E-state index < -0.39 is 4.92 Å². The van der Waals surface area contributed by atoms with E-state index >= 15 is 0 Å². The van der Waals surface area contributed by atoms with Crippen LogP contribution in [0.2, 0.25) is 0 Å². The maximum Gasteiger partial charge on any atom is 0.282 e. The normalized spacial score (nSPS) is 21.7. The molecule has 6 heteroatoms. The molecule has 2 unspecified atom stereocenters. The zero-order valence-corrected chi connectivity index (χ0v) is 12.4. The molecule has 2 rings (SSSR count). The number of hydrogen-bond acceptors (Lipinski definition) is 4. The smallest absolute Gasteiger partial charge is 0.282 e. The minimum Gasteiger partial charge on any atom is -0.349 e.